The summed E-state index contributed by atoms with van der Waals surface area (Å²) >= 11 is 0. The number of nitrogens with zero attached hydrogens (tertiary/aromatic N) is 1. The summed E-state index contributed by atoms with van der Waals surface area (Å²) in [6, 6.07) is 4.20. The van der Waals surface area contributed by atoms with Crippen LogP contribution >= 0.6 is 0 Å². The van der Waals surface area contributed by atoms with Crippen molar-refractivity contribution >= 4 is 5.82 Å². The molecule has 1 aromatic rings. The molecule has 94 valence electrons. The van der Waals surface area contributed by atoms with Gasteiger partial charge in [0, 0.05) is 12.2 Å². The van der Waals surface area contributed by atoms with E-state index in [2.05, 4.69) is 10.3 Å². The number of aliphatic hydroxyl groups is 1. The standard InChI is InChI=1S/C13H20N2O2/c1-2-17-12-4-3-9-14-13(12)15-10-5-7-11(16)8-6-10/h3-4,9-11,16H,2,5-8H2,1H3,(H,14,15). The summed E-state index contributed by atoms with van der Waals surface area (Å²) in [7, 11) is 0. The van der Waals surface area contributed by atoms with Crippen molar-refractivity contribution < 1.29 is 9.84 Å². The molecule has 0 amide bonds. The fraction of sp³-hybridized carbons (Fsp3) is 0.615. The second-order valence-electron chi connectivity index (χ2n) is 4.43. The molecule has 1 saturated carbocycles. The minimum absolute atomic E-state index is 0.122. The van der Waals surface area contributed by atoms with Crippen molar-refractivity contribution in [3.8, 4) is 5.75 Å². The highest BCUT2D eigenvalue weighted by molar-refractivity contribution is 5.50. The number of pyridine rings is 1. The lowest BCUT2D eigenvalue weighted by Crippen LogP contribution is -2.28. The summed E-state index contributed by atoms with van der Waals surface area (Å²) in [6.45, 7) is 2.61. The van der Waals surface area contributed by atoms with E-state index in [9.17, 15) is 5.11 Å². The zero-order valence-corrected chi connectivity index (χ0v) is 10.2. The number of hydrogen-bond donors (Lipinski definition) is 2. The molecule has 17 heavy (non-hydrogen) atoms. The molecule has 1 aromatic heterocycles. The first kappa shape index (κ1) is 12.2. The zero-order chi connectivity index (χ0) is 12.1. The quantitative estimate of drug-likeness (QED) is 0.841. The molecule has 0 aliphatic heterocycles. The van der Waals surface area contributed by atoms with E-state index in [1.165, 1.54) is 0 Å². The minimum atomic E-state index is -0.122. The van der Waals surface area contributed by atoms with Gasteiger partial charge in [-0.2, -0.15) is 0 Å². The van der Waals surface area contributed by atoms with Crippen molar-refractivity contribution in [2.75, 3.05) is 11.9 Å². The van der Waals surface area contributed by atoms with Gasteiger partial charge in [-0.05, 0) is 44.7 Å². The molecule has 1 heterocycles. The Morgan fingerprint density at radius 2 is 2.18 bits per heavy atom. The number of anilines is 1. The fourth-order valence-corrected chi connectivity index (χ4v) is 2.18. The van der Waals surface area contributed by atoms with Gasteiger partial charge in [0.25, 0.3) is 0 Å². The van der Waals surface area contributed by atoms with Crippen LogP contribution in [0.25, 0.3) is 0 Å². The van der Waals surface area contributed by atoms with E-state index in [1.807, 2.05) is 19.1 Å². The third-order valence-electron chi connectivity index (χ3n) is 3.11. The van der Waals surface area contributed by atoms with Gasteiger partial charge in [-0.1, -0.05) is 0 Å². The molecule has 2 rings (SSSR count). The second kappa shape index (κ2) is 5.87. The van der Waals surface area contributed by atoms with Gasteiger partial charge in [-0.3, -0.25) is 0 Å². The lowest BCUT2D eigenvalue weighted by atomic mass is 9.93. The highest BCUT2D eigenvalue weighted by Gasteiger charge is 2.20. The van der Waals surface area contributed by atoms with E-state index in [1.54, 1.807) is 6.20 Å². The van der Waals surface area contributed by atoms with Crippen LogP contribution in [0.4, 0.5) is 5.82 Å². The molecule has 1 aliphatic rings. The van der Waals surface area contributed by atoms with E-state index in [0.29, 0.717) is 12.6 Å². The maximum atomic E-state index is 9.46. The molecule has 0 aromatic carbocycles. The monoisotopic (exact) mass is 236 g/mol. The van der Waals surface area contributed by atoms with Crippen molar-refractivity contribution in [2.45, 2.75) is 44.8 Å². The van der Waals surface area contributed by atoms with Crippen molar-refractivity contribution in [3.05, 3.63) is 18.3 Å². The maximum Gasteiger partial charge on any atom is 0.168 e. The topological polar surface area (TPSA) is 54.4 Å². The van der Waals surface area contributed by atoms with Gasteiger partial charge in [-0.25, -0.2) is 4.98 Å². The van der Waals surface area contributed by atoms with Gasteiger partial charge in [-0.15, -0.1) is 0 Å². The summed E-state index contributed by atoms with van der Waals surface area (Å²) in [5, 5.41) is 12.9. The summed E-state index contributed by atoms with van der Waals surface area (Å²) in [4.78, 5) is 4.31. The van der Waals surface area contributed by atoms with Crippen LogP contribution < -0.4 is 10.1 Å². The van der Waals surface area contributed by atoms with Crippen LogP contribution in [0.15, 0.2) is 18.3 Å². The summed E-state index contributed by atoms with van der Waals surface area (Å²) in [5.41, 5.74) is 0. The Morgan fingerprint density at radius 1 is 1.41 bits per heavy atom. The van der Waals surface area contributed by atoms with Crippen LogP contribution in [0.3, 0.4) is 0 Å². The Labute approximate surface area is 102 Å². The van der Waals surface area contributed by atoms with E-state index in [0.717, 1.165) is 37.3 Å². The number of aromatic nitrogens is 1. The molecule has 4 nitrogen and oxygen atoms in total. The molecule has 0 atom stereocenters. The molecule has 2 N–H and O–H groups in total. The third kappa shape index (κ3) is 3.33. The number of ether oxygens (including phenoxy) is 1. The predicted molar refractivity (Wildman–Crippen MR) is 67.3 cm³/mol. The highest BCUT2D eigenvalue weighted by Crippen LogP contribution is 2.26. The number of rotatable bonds is 4. The molecular formula is C13H20N2O2. The first-order chi connectivity index (χ1) is 8.29. The zero-order valence-electron chi connectivity index (χ0n) is 10.2. The van der Waals surface area contributed by atoms with Crippen LogP contribution in [0.2, 0.25) is 0 Å². The van der Waals surface area contributed by atoms with Crippen LogP contribution in [0.5, 0.6) is 5.75 Å². The lowest BCUT2D eigenvalue weighted by molar-refractivity contribution is 0.126. The molecule has 1 fully saturated rings. The van der Waals surface area contributed by atoms with E-state index in [4.69, 9.17) is 4.74 Å². The van der Waals surface area contributed by atoms with Crippen molar-refractivity contribution in [1.29, 1.82) is 0 Å². The predicted octanol–water partition coefficient (Wildman–Crippen LogP) is 2.20. The summed E-state index contributed by atoms with van der Waals surface area (Å²) in [6.07, 6.45) is 5.36. The summed E-state index contributed by atoms with van der Waals surface area (Å²) < 4.78 is 5.53. The van der Waals surface area contributed by atoms with E-state index < -0.39 is 0 Å². The molecule has 0 unspecified atom stereocenters. The second-order valence-corrected chi connectivity index (χ2v) is 4.43. The smallest absolute Gasteiger partial charge is 0.168 e. The minimum Gasteiger partial charge on any atom is -0.490 e. The molecule has 0 bridgehead atoms. The van der Waals surface area contributed by atoms with Gasteiger partial charge in [0.15, 0.2) is 11.6 Å². The molecule has 1 aliphatic carbocycles. The van der Waals surface area contributed by atoms with E-state index >= 15 is 0 Å². The van der Waals surface area contributed by atoms with Gasteiger partial charge in [0.05, 0.1) is 12.7 Å². The Hall–Kier alpha value is -1.29. The van der Waals surface area contributed by atoms with Crippen LogP contribution in [-0.4, -0.2) is 28.8 Å². The fourth-order valence-electron chi connectivity index (χ4n) is 2.18. The molecule has 0 saturated heterocycles. The van der Waals surface area contributed by atoms with Gasteiger partial charge < -0.3 is 15.2 Å². The number of hydrogen-bond acceptors (Lipinski definition) is 4. The van der Waals surface area contributed by atoms with Crippen molar-refractivity contribution in [1.82, 2.24) is 4.98 Å². The Kier molecular flexibility index (Phi) is 4.20. The van der Waals surface area contributed by atoms with Crippen molar-refractivity contribution in [3.63, 3.8) is 0 Å². The number of nitrogens with one attached hydrogen (secondary N) is 1. The first-order valence-corrected chi connectivity index (χ1v) is 6.32. The Balaban J connectivity index is 1.98. The number of aliphatic hydroxyl groups excluding tert-OH is 1. The first-order valence-electron chi connectivity index (χ1n) is 6.32. The Bertz CT molecular complexity index is 349. The molecule has 0 radical (unpaired) electrons. The van der Waals surface area contributed by atoms with Crippen LogP contribution in [-0.2, 0) is 0 Å². The molecule has 4 heteroatoms. The van der Waals surface area contributed by atoms with Gasteiger partial charge in [0.1, 0.15) is 0 Å². The molecular weight excluding hydrogens is 216 g/mol. The summed E-state index contributed by atoms with van der Waals surface area (Å²) in [5.74, 6) is 1.62. The Morgan fingerprint density at radius 3 is 2.88 bits per heavy atom. The van der Waals surface area contributed by atoms with Crippen LogP contribution in [0.1, 0.15) is 32.6 Å². The largest absolute Gasteiger partial charge is 0.490 e. The molecule has 0 spiro atoms. The van der Waals surface area contributed by atoms with Gasteiger partial charge in [0.2, 0.25) is 0 Å². The maximum absolute atomic E-state index is 9.46. The average Bonchev–Trinajstić information content (AvgIpc) is 2.35. The lowest BCUT2D eigenvalue weighted by Gasteiger charge is -2.27. The third-order valence-corrected chi connectivity index (χ3v) is 3.11. The van der Waals surface area contributed by atoms with Crippen molar-refractivity contribution in [2.24, 2.45) is 0 Å². The van der Waals surface area contributed by atoms with Gasteiger partial charge >= 0.3 is 0 Å². The van der Waals surface area contributed by atoms with Crippen LogP contribution in [0, 0.1) is 0 Å². The normalized spacial score (nSPS) is 24.4. The SMILES string of the molecule is CCOc1cccnc1NC1CCC(O)CC1. The highest BCUT2D eigenvalue weighted by atomic mass is 16.5. The average molecular weight is 236 g/mol. The van der Waals surface area contributed by atoms with E-state index in [-0.39, 0.29) is 6.10 Å².